The van der Waals surface area contributed by atoms with E-state index in [1.165, 1.54) is 0 Å². The molecule has 1 aromatic heterocycles. The number of fused-ring (bicyclic) bond motifs is 2. The molecule has 7 heteroatoms. The summed E-state index contributed by atoms with van der Waals surface area (Å²) >= 11 is 0. The number of amides is 1. The van der Waals surface area contributed by atoms with E-state index in [0.717, 1.165) is 11.4 Å². The Morgan fingerprint density at radius 2 is 1.61 bits per heavy atom. The number of anilines is 1. The van der Waals surface area contributed by atoms with Gasteiger partial charge in [-0.2, -0.15) is 5.26 Å². The van der Waals surface area contributed by atoms with E-state index < -0.39 is 0 Å². The number of ether oxygens (including phenoxy) is 1. The molecule has 0 unspecified atom stereocenters. The van der Waals surface area contributed by atoms with Gasteiger partial charge >= 0.3 is 6.03 Å². The number of hydrogen-bond acceptors (Lipinski definition) is 5. The lowest BCUT2D eigenvalue weighted by Gasteiger charge is -2.37. The van der Waals surface area contributed by atoms with Gasteiger partial charge < -0.3 is 14.5 Å². The van der Waals surface area contributed by atoms with E-state index in [4.69, 9.17) is 4.74 Å². The van der Waals surface area contributed by atoms with Crippen LogP contribution in [0.25, 0.3) is 21.8 Å². The zero-order valence-electron chi connectivity index (χ0n) is 18.2. The van der Waals surface area contributed by atoms with Crippen molar-refractivity contribution in [1.29, 1.82) is 5.26 Å². The van der Waals surface area contributed by atoms with Gasteiger partial charge in [0.05, 0.1) is 35.5 Å². The van der Waals surface area contributed by atoms with Crippen LogP contribution in [0.4, 0.5) is 10.5 Å². The molecule has 164 valence electrons. The number of benzene rings is 3. The molecule has 0 spiro atoms. The van der Waals surface area contributed by atoms with Crippen LogP contribution in [0.1, 0.15) is 5.56 Å². The normalized spacial score (nSPS) is 13.8. The fourth-order valence-corrected chi connectivity index (χ4v) is 4.50. The van der Waals surface area contributed by atoms with Crippen molar-refractivity contribution in [2.75, 3.05) is 38.2 Å². The lowest BCUT2D eigenvalue weighted by molar-refractivity contribution is 0.198. The van der Waals surface area contributed by atoms with Crippen LogP contribution in [-0.2, 0) is 0 Å². The quantitative estimate of drug-likeness (QED) is 0.445. The number of carbonyl (C=O) groups is 1. The number of hydrogen-bond donors (Lipinski definition) is 0. The fraction of sp³-hybridized carbons (Fsp3) is 0.192. The van der Waals surface area contributed by atoms with E-state index in [1.807, 2.05) is 30.3 Å². The number of pyridine rings is 1. The second-order valence-electron chi connectivity index (χ2n) is 7.95. The van der Waals surface area contributed by atoms with Gasteiger partial charge in [-0.25, -0.2) is 4.79 Å². The first-order valence-corrected chi connectivity index (χ1v) is 10.8. The number of para-hydroxylation sites is 3. The van der Waals surface area contributed by atoms with Crippen molar-refractivity contribution in [2.45, 2.75) is 0 Å². The largest absolute Gasteiger partial charge is 0.495 e. The summed E-state index contributed by atoms with van der Waals surface area (Å²) in [6, 6.07) is 21.8. The lowest BCUT2D eigenvalue weighted by Crippen LogP contribution is -2.50. The molecule has 1 saturated heterocycles. The van der Waals surface area contributed by atoms with Gasteiger partial charge in [-0.15, -0.1) is 0 Å². The van der Waals surface area contributed by atoms with E-state index in [0.29, 0.717) is 53.5 Å². The van der Waals surface area contributed by atoms with Gasteiger partial charge in [-0.05, 0) is 42.5 Å². The summed E-state index contributed by atoms with van der Waals surface area (Å²) in [4.78, 5) is 30.9. The minimum atomic E-state index is -0.180. The summed E-state index contributed by atoms with van der Waals surface area (Å²) in [6.07, 6.45) is 0. The van der Waals surface area contributed by atoms with Gasteiger partial charge in [-0.3, -0.25) is 9.36 Å². The van der Waals surface area contributed by atoms with Gasteiger partial charge in [0.25, 0.3) is 0 Å². The van der Waals surface area contributed by atoms with Crippen LogP contribution in [0, 0.1) is 11.3 Å². The molecule has 1 aliphatic rings. The maximum atomic E-state index is 13.7. The van der Waals surface area contributed by atoms with Crippen LogP contribution >= 0.6 is 0 Å². The van der Waals surface area contributed by atoms with E-state index >= 15 is 0 Å². The third-order valence-corrected chi connectivity index (χ3v) is 6.17. The Kier molecular flexibility index (Phi) is 5.19. The number of methoxy groups -OCH3 is 1. The highest BCUT2D eigenvalue weighted by molar-refractivity contribution is 6.02. The van der Waals surface area contributed by atoms with Gasteiger partial charge in [0.1, 0.15) is 5.75 Å². The lowest BCUT2D eigenvalue weighted by atomic mass is 10.1. The van der Waals surface area contributed by atoms with Crippen molar-refractivity contribution in [1.82, 2.24) is 9.47 Å². The molecule has 4 aromatic rings. The monoisotopic (exact) mass is 438 g/mol. The highest BCUT2D eigenvalue weighted by Crippen LogP contribution is 2.29. The highest BCUT2D eigenvalue weighted by Gasteiger charge is 2.26. The highest BCUT2D eigenvalue weighted by atomic mass is 16.5. The molecule has 2 heterocycles. The number of nitriles is 1. The first-order valence-electron chi connectivity index (χ1n) is 10.8. The van der Waals surface area contributed by atoms with Gasteiger partial charge in [0.15, 0.2) is 5.43 Å². The Morgan fingerprint density at radius 3 is 2.36 bits per heavy atom. The summed E-state index contributed by atoms with van der Waals surface area (Å²) in [5.41, 5.74) is 2.30. The van der Waals surface area contributed by atoms with Gasteiger partial charge in [0, 0.05) is 37.0 Å². The molecule has 1 aliphatic heterocycles. The second kappa shape index (κ2) is 8.32. The number of carbonyl (C=O) groups excluding carboxylic acids is 1. The molecular weight excluding hydrogens is 416 g/mol. The Hall–Kier alpha value is -4.31. The summed E-state index contributed by atoms with van der Waals surface area (Å²) in [7, 11) is 1.66. The molecule has 0 aliphatic carbocycles. The topological polar surface area (TPSA) is 78.6 Å². The molecule has 0 atom stereocenters. The predicted octanol–water partition coefficient (Wildman–Crippen LogP) is 3.83. The van der Waals surface area contributed by atoms with E-state index in [2.05, 4.69) is 11.0 Å². The first kappa shape index (κ1) is 20.6. The molecule has 3 aromatic carbocycles. The Labute approximate surface area is 190 Å². The third kappa shape index (κ3) is 3.46. The molecular formula is C26H22N4O3. The summed E-state index contributed by atoms with van der Waals surface area (Å²) in [6.45, 7) is 2.41. The molecule has 0 N–H and O–H groups in total. The summed E-state index contributed by atoms with van der Waals surface area (Å²) in [5, 5.41) is 10.1. The third-order valence-electron chi connectivity index (χ3n) is 6.17. The standard InChI is InChI=1S/C26H22N4O3/c1-33-24-9-5-4-8-23(24)28-12-14-29(15-13-28)26(32)30-21-7-3-2-6-19(21)25(31)20-16-18(17-27)10-11-22(20)30/h2-11,16H,12-15H2,1H3. The molecule has 7 nitrogen and oxygen atoms in total. The number of piperazine rings is 1. The maximum absolute atomic E-state index is 13.7. The van der Waals surface area contributed by atoms with Crippen molar-refractivity contribution in [3.63, 3.8) is 0 Å². The zero-order valence-corrected chi connectivity index (χ0v) is 18.2. The minimum Gasteiger partial charge on any atom is -0.495 e. The van der Waals surface area contributed by atoms with Crippen LogP contribution in [0.2, 0.25) is 0 Å². The van der Waals surface area contributed by atoms with Crippen molar-refractivity contribution >= 4 is 33.5 Å². The maximum Gasteiger partial charge on any atom is 0.329 e. The van der Waals surface area contributed by atoms with Crippen LogP contribution in [0.15, 0.2) is 71.5 Å². The van der Waals surface area contributed by atoms with Crippen LogP contribution in [-0.4, -0.2) is 48.8 Å². The molecule has 0 saturated carbocycles. The minimum absolute atomic E-state index is 0.178. The Morgan fingerprint density at radius 1 is 0.909 bits per heavy atom. The SMILES string of the molecule is COc1ccccc1N1CCN(C(=O)n2c3ccccc3c(=O)c3cc(C#N)ccc32)CC1. The average Bonchev–Trinajstić information content (AvgIpc) is 2.88. The average molecular weight is 438 g/mol. The van der Waals surface area contributed by atoms with Gasteiger partial charge in [0.2, 0.25) is 0 Å². The van der Waals surface area contributed by atoms with Crippen molar-refractivity contribution < 1.29 is 9.53 Å². The molecule has 0 radical (unpaired) electrons. The summed E-state index contributed by atoms with van der Waals surface area (Å²) in [5.74, 6) is 0.808. The van der Waals surface area contributed by atoms with Crippen molar-refractivity contribution in [3.8, 4) is 11.8 Å². The molecule has 33 heavy (non-hydrogen) atoms. The second-order valence-corrected chi connectivity index (χ2v) is 7.95. The molecule has 1 fully saturated rings. The number of rotatable bonds is 2. The fourth-order valence-electron chi connectivity index (χ4n) is 4.50. The molecule has 0 bridgehead atoms. The van der Waals surface area contributed by atoms with E-state index in [1.54, 1.807) is 53.0 Å². The predicted molar refractivity (Wildman–Crippen MR) is 128 cm³/mol. The molecule has 1 amide bonds. The first-order chi connectivity index (χ1) is 16.1. The molecule has 5 rings (SSSR count). The van der Waals surface area contributed by atoms with E-state index in [9.17, 15) is 14.9 Å². The number of aromatic nitrogens is 1. The summed E-state index contributed by atoms with van der Waals surface area (Å²) < 4.78 is 7.09. The van der Waals surface area contributed by atoms with E-state index in [-0.39, 0.29) is 11.5 Å². The number of nitrogens with zero attached hydrogens (tertiary/aromatic N) is 4. The van der Waals surface area contributed by atoms with Crippen LogP contribution in [0.3, 0.4) is 0 Å². The van der Waals surface area contributed by atoms with Crippen LogP contribution in [0.5, 0.6) is 5.75 Å². The van der Waals surface area contributed by atoms with Crippen molar-refractivity contribution in [3.05, 3.63) is 82.5 Å². The van der Waals surface area contributed by atoms with Crippen molar-refractivity contribution in [2.24, 2.45) is 0 Å². The van der Waals surface area contributed by atoms with Crippen LogP contribution < -0.4 is 15.1 Å². The smallest absolute Gasteiger partial charge is 0.329 e. The Bertz CT molecular complexity index is 1480. The van der Waals surface area contributed by atoms with Gasteiger partial charge in [-0.1, -0.05) is 24.3 Å². The Balaban J connectivity index is 1.53. The zero-order chi connectivity index (χ0) is 22.9.